The highest BCUT2D eigenvalue weighted by Gasteiger charge is 2.33. The summed E-state index contributed by atoms with van der Waals surface area (Å²) < 4.78 is 31.3. The zero-order valence-corrected chi connectivity index (χ0v) is 20.7. The van der Waals surface area contributed by atoms with Gasteiger partial charge in [-0.25, -0.2) is 13.7 Å². The Hall–Kier alpha value is -2.52. The molecule has 2 atom stereocenters. The van der Waals surface area contributed by atoms with Crippen LogP contribution < -0.4 is 4.72 Å². The number of nitrogens with zero attached hydrogens (tertiary/aromatic N) is 1. The van der Waals surface area contributed by atoms with Gasteiger partial charge in [0.25, 0.3) is 0 Å². The van der Waals surface area contributed by atoms with Crippen LogP contribution in [0.1, 0.15) is 75.8 Å². The molecule has 2 aromatic rings. The summed E-state index contributed by atoms with van der Waals surface area (Å²) in [6, 6.07) is 6.10. The summed E-state index contributed by atoms with van der Waals surface area (Å²) >= 11 is 0. The van der Waals surface area contributed by atoms with Crippen LogP contribution >= 0.6 is 0 Å². The molecule has 0 saturated carbocycles. The minimum atomic E-state index is -1.52. The van der Waals surface area contributed by atoms with E-state index in [9.17, 15) is 13.8 Å². The minimum Gasteiger partial charge on any atom is -0.465 e. The molecule has 176 valence electrons. The van der Waals surface area contributed by atoms with Gasteiger partial charge in [-0.3, -0.25) is 4.79 Å². The molecule has 0 bridgehead atoms. The molecular formula is C23H32N2O6S. The smallest absolute Gasteiger partial charge is 0.338 e. The van der Waals surface area contributed by atoms with Crippen molar-refractivity contribution in [2.24, 2.45) is 0 Å². The van der Waals surface area contributed by atoms with Gasteiger partial charge in [-0.1, -0.05) is 23.4 Å². The molecule has 0 amide bonds. The Kier molecular flexibility index (Phi) is 8.01. The monoisotopic (exact) mass is 464 g/mol. The highest BCUT2D eigenvalue weighted by Crippen LogP contribution is 2.36. The average Bonchev–Trinajstić information content (AvgIpc) is 3.05. The minimum absolute atomic E-state index is 0.138. The molecule has 1 aromatic carbocycles. The molecule has 9 heteroatoms. The molecule has 1 unspecified atom stereocenters. The number of methoxy groups -OCH3 is 1. The highest BCUT2D eigenvalue weighted by molar-refractivity contribution is 7.84. The lowest BCUT2D eigenvalue weighted by Gasteiger charge is -2.25. The molecule has 0 aliphatic heterocycles. The predicted octanol–water partition coefficient (Wildman–Crippen LogP) is 4.26. The van der Waals surface area contributed by atoms with Gasteiger partial charge in [0.1, 0.15) is 5.60 Å². The molecule has 1 N–H and O–H groups in total. The topological polar surface area (TPSA) is 108 Å². The Morgan fingerprint density at radius 1 is 1.16 bits per heavy atom. The number of aromatic nitrogens is 1. The normalized spacial score (nSPS) is 14.0. The van der Waals surface area contributed by atoms with Crippen LogP contribution in [0.15, 0.2) is 28.8 Å². The van der Waals surface area contributed by atoms with E-state index in [2.05, 4.69) is 9.88 Å². The van der Waals surface area contributed by atoms with Crippen LogP contribution in [-0.2, 0) is 25.3 Å². The molecule has 0 saturated heterocycles. The van der Waals surface area contributed by atoms with Crippen LogP contribution in [0.25, 0.3) is 11.1 Å². The Balaban J connectivity index is 2.58. The number of nitrogens with one attached hydrogen (secondary N) is 1. The van der Waals surface area contributed by atoms with E-state index < -0.39 is 39.3 Å². The quantitative estimate of drug-likeness (QED) is 0.610. The first-order valence-corrected chi connectivity index (χ1v) is 11.4. The molecule has 1 aromatic heterocycles. The molecule has 0 radical (unpaired) electrons. The van der Waals surface area contributed by atoms with Gasteiger partial charge >= 0.3 is 11.9 Å². The second-order valence-electron chi connectivity index (χ2n) is 9.39. The SMILES string of the molecule is COC(=O)c1ccccc1-c1c(C)noc1C(CC(=O)OC(C)(C)C)N[S@@](=O)C(C)(C)C. The Morgan fingerprint density at radius 3 is 2.34 bits per heavy atom. The third-order valence-electron chi connectivity index (χ3n) is 4.40. The number of carbonyl (C=O) groups excluding carboxylic acids is 2. The van der Waals surface area contributed by atoms with Crippen molar-refractivity contribution in [3.05, 3.63) is 41.3 Å². The van der Waals surface area contributed by atoms with Gasteiger partial charge < -0.3 is 14.0 Å². The molecule has 0 fully saturated rings. The van der Waals surface area contributed by atoms with Gasteiger partial charge in [0.2, 0.25) is 0 Å². The van der Waals surface area contributed by atoms with E-state index in [0.29, 0.717) is 28.1 Å². The number of ether oxygens (including phenoxy) is 2. The second kappa shape index (κ2) is 9.95. The van der Waals surface area contributed by atoms with E-state index in [1.165, 1.54) is 7.11 Å². The lowest BCUT2D eigenvalue weighted by molar-refractivity contribution is -0.155. The van der Waals surface area contributed by atoms with Crippen molar-refractivity contribution in [1.29, 1.82) is 0 Å². The first-order valence-electron chi connectivity index (χ1n) is 10.3. The van der Waals surface area contributed by atoms with E-state index in [1.807, 2.05) is 20.8 Å². The average molecular weight is 465 g/mol. The van der Waals surface area contributed by atoms with Gasteiger partial charge in [0, 0.05) is 5.56 Å². The van der Waals surface area contributed by atoms with Gasteiger partial charge in [-0.2, -0.15) is 0 Å². The van der Waals surface area contributed by atoms with Crippen LogP contribution in [0, 0.1) is 6.92 Å². The summed E-state index contributed by atoms with van der Waals surface area (Å²) in [4.78, 5) is 25.0. The number of aryl methyl sites for hydroxylation is 1. The van der Waals surface area contributed by atoms with Crippen molar-refractivity contribution >= 4 is 22.9 Å². The van der Waals surface area contributed by atoms with Crippen molar-refractivity contribution in [1.82, 2.24) is 9.88 Å². The fraction of sp³-hybridized carbons (Fsp3) is 0.522. The third-order valence-corrected chi connectivity index (χ3v) is 6.01. The maximum atomic E-state index is 12.9. The third kappa shape index (κ3) is 6.49. The number of rotatable bonds is 7. The largest absolute Gasteiger partial charge is 0.465 e. The van der Waals surface area contributed by atoms with Crippen LogP contribution in [-0.4, -0.2) is 38.8 Å². The molecule has 0 spiro atoms. The zero-order chi connectivity index (χ0) is 24.3. The number of carbonyl (C=O) groups is 2. The number of esters is 2. The van der Waals surface area contributed by atoms with Gasteiger partial charge in [-0.15, -0.1) is 0 Å². The Labute approximate surface area is 191 Å². The summed E-state index contributed by atoms with van der Waals surface area (Å²) in [6.45, 7) is 12.5. The number of benzene rings is 1. The Morgan fingerprint density at radius 2 is 1.78 bits per heavy atom. The molecule has 0 aliphatic rings. The van der Waals surface area contributed by atoms with E-state index >= 15 is 0 Å². The van der Waals surface area contributed by atoms with Gasteiger partial charge in [0.15, 0.2) is 5.76 Å². The van der Waals surface area contributed by atoms with Gasteiger partial charge in [0.05, 0.1) is 52.1 Å². The fourth-order valence-electron chi connectivity index (χ4n) is 2.99. The van der Waals surface area contributed by atoms with Gasteiger partial charge in [-0.05, 0) is 54.5 Å². The molecule has 2 rings (SSSR count). The molecule has 0 aliphatic carbocycles. The summed E-state index contributed by atoms with van der Waals surface area (Å²) in [6.07, 6.45) is -0.138. The lowest BCUT2D eigenvalue weighted by Crippen LogP contribution is -2.37. The van der Waals surface area contributed by atoms with E-state index in [4.69, 9.17) is 14.0 Å². The fourth-order valence-corrected chi connectivity index (χ4v) is 3.79. The van der Waals surface area contributed by atoms with Crippen LogP contribution in [0.4, 0.5) is 0 Å². The molecule has 1 heterocycles. The van der Waals surface area contributed by atoms with Crippen LogP contribution in [0.5, 0.6) is 0 Å². The highest BCUT2D eigenvalue weighted by atomic mass is 32.2. The standard InChI is InChI=1S/C23H32N2O6S/c1-14-19(15-11-9-10-12-16(15)21(27)29-8)20(31-24-14)17(25-32(28)23(5,6)7)13-18(26)30-22(2,3)4/h9-12,17,25H,13H2,1-8H3/t17?,32-/m0/s1. The lowest BCUT2D eigenvalue weighted by atomic mass is 9.95. The van der Waals surface area contributed by atoms with Crippen molar-refractivity contribution in [2.75, 3.05) is 7.11 Å². The number of hydrogen-bond donors (Lipinski definition) is 1. The van der Waals surface area contributed by atoms with Crippen molar-refractivity contribution in [3.63, 3.8) is 0 Å². The van der Waals surface area contributed by atoms with Crippen molar-refractivity contribution in [2.45, 2.75) is 71.3 Å². The summed E-state index contributed by atoms with van der Waals surface area (Å²) in [5.41, 5.74) is 1.26. The molecule has 32 heavy (non-hydrogen) atoms. The maximum absolute atomic E-state index is 12.9. The first-order chi connectivity index (χ1) is 14.7. The van der Waals surface area contributed by atoms with Crippen LogP contribution in [0.2, 0.25) is 0 Å². The van der Waals surface area contributed by atoms with Crippen molar-refractivity contribution < 1.29 is 27.8 Å². The van der Waals surface area contributed by atoms with E-state index in [-0.39, 0.29) is 6.42 Å². The predicted molar refractivity (Wildman–Crippen MR) is 122 cm³/mol. The summed E-state index contributed by atoms with van der Waals surface area (Å²) in [5.74, 6) is -0.702. The molecular weight excluding hydrogens is 432 g/mol. The summed E-state index contributed by atoms with van der Waals surface area (Å²) in [7, 11) is -0.210. The Bertz CT molecular complexity index is 1000. The van der Waals surface area contributed by atoms with E-state index in [1.54, 1.807) is 52.0 Å². The van der Waals surface area contributed by atoms with E-state index in [0.717, 1.165) is 0 Å². The maximum Gasteiger partial charge on any atom is 0.338 e. The zero-order valence-electron chi connectivity index (χ0n) is 19.9. The van der Waals surface area contributed by atoms with Crippen LogP contribution in [0.3, 0.4) is 0 Å². The summed E-state index contributed by atoms with van der Waals surface area (Å²) in [5, 5.41) is 4.07. The van der Waals surface area contributed by atoms with Crippen molar-refractivity contribution in [3.8, 4) is 11.1 Å². The number of hydrogen-bond acceptors (Lipinski definition) is 7. The first kappa shape index (κ1) is 25.7. The molecule has 8 nitrogen and oxygen atoms in total. The second-order valence-corrected chi connectivity index (χ2v) is 11.4.